The van der Waals surface area contributed by atoms with Gasteiger partial charge in [-0.05, 0) is 19.4 Å². The molecule has 30 heavy (non-hydrogen) atoms. The molecule has 4 heterocycles. The SMILES string of the molecule is CCCc1cn(-c2cnc(-n3ncc4cc(C#N)cnc43)cc2N[C@H](C)CO)nn1. The Balaban J connectivity index is 1.78. The van der Waals surface area contributed by atoms with E-state index in [1.165, 1.54) is 6.20 Å². The maximum absolute atomic E-state index is 9.51. The molecule has 0 radical (unpaired) electrons. The number of aromatic nitrogens is 7. The van der Waals surface area contributed by atoms with E-state index in [4.69, 9.17) is 5.26 Å². The number of nitrogens with one attached hydrogen (secondary N) is 1. The molecule has 1 atom stereocenters. The maximum Gasteiger partial charge on any atom is 0.164 e. The van der Waals surface area contributed by atoms with Gasteiger partial charge in [-0.25, -0.2) is 14.6 Å². The van der Waals surface area contributed by atoms with Gasteiger partial charge in [0.05, 0.1) is 42.1 Å². The zero-order valence-corrected chi connectivity index (χ0v) is 16.7. The fourth-order valence-electron chi connectivity index (χ4n) is 3.10. The van der Waals surface area contributed by atoms with Crippen LogP contribution in [-0.2, 0) is 6.42 Å². The molecule has 0 saturated carbocycles. The largest absolute Gasteiger partial charge is 0.394 e. The first-order chi connectivity index (χ1) is 14.6. The first-order valence-corrected chi connectivity index (χ1v) is 9.66. The van der Waals surface area contributed by atoms with Gasteiger partial charge in [-0.2, -0.15) is 15.0 Å². The highest BCUT2D eigenvalue weighted by Gasteiger charge is 2.15. The fraction of sp³-hybridized carbons (Fsp3) is 0.300. The molecular formula is C20H21N9O. The average Bonchev–Trinajstić information content (AvgIpc) is 3.40. The number of aryl methyl sites for hydroxylation is 1. The highest BCUT2D eigenvalue weighted by atomic mass is 16.3. The van der Waals surface area contributed by atoms with Crippen LogP contribution >= 0.6 is 0 Å². The van der Waals surface area contributed by atoms with E-state index in [-0.39, 0.29) is 12.6 Å². The molecule has 10 nitrogen and oxygen atoms in total. The van der Waals surface area contributed by atoms with Crippen LogP contribution in [0.3, 0.4) is 0 Å². The van der Waals surface area contributed by atoms with Crippen molar-refractivity contribution in [2.24, 2.45) is 0 Å². The zero-order valence-electron chi connectivity index (χ0n) is 16.7. The lowest BCUT2D eigenvalue weighted by atomic mass is 10.2. The molecule has 0 unspecified atom stereocenters. The third-order valence-electron chi connectivity index (χ3n) is 4.59. The van der Waals surface area contributed by atoms with Crippen molar-refractivity contribution < 1.29 is 5.11 Å². The van der Waals surface area contributed by atoms with Gasteiger partial charge in [-0.3, -0.25) is 0 Å². The van der Waals surface area contributed by atoms with Crippen LogP contribution in [0.2, 0.25) is 0 Å². The second kappa shape index (κ2) is 8.26. The Morgan fingerprint density at radius 1 is 1.23 bits per heavy atom. The maximum atomic E-state index is 9.51. The first kappa shape index (κ1) is 19.5. The molecule has 0 aliphatic heterocycles. The molecule has 0 aromatic carbocycles. The highest BCUT2D eigenvalue weighted by Crippen LogP contribution is 2.24. The number of pyridine rings is 2. The second-order valence-corrected chi connectivity index (χ2v) is 7.00. The minimum absolute atomic E-state index is 0.0290. The van der Waals surface area contributed by atoms with Gasteiger partial charge in [0.25, 0.3) is 0 Å². The normalized spacial score (nSPS) is 12.1. The summed E-state index contributed by atoms with van der Waals surface area (Å²) >= 11 is 0. The van der Waals surface area contributed by atoms with Crippen molar-refractivity contribution in [3.63, 3.8) is 0 Å². The van der Waals surface area contributed by atoms with E-state index in [1.807, 2.05) is 19.2 Å². The predicted octanol–water partition coefficient (Wildman–Crippen LogP) is 2.01. The minimum Gasteiger partial charge on any atom is -0.394 e. The fourth-order valence-corrected chi connectivity index (χ4v) is 3.10. The van der Waals surface area contributed by atoms with Gasteiger partial charge in [0.15, 0.2) is 11.5 Å². The summed E-state index contributed by atoms with van der Waals surface area (Å²) in [5.41, 5.74) is 3.41. The van der Waals surface area contributed by atoms with Crippen LogP contribution in [0.1, 0.15) is 31.5 Å². The number of aliphatic hydroxyl groups excluding tert-OH is 1. The lowest BCUT2D eigenvalue weighted by molar-refractivity contribution is 0.281. The second-order valence-electron chi connectivity index (χ2n) is 7.00. The Morgan fingerprint density at radius 3 is 2.87 bits per heavy atom. The van der Waals surface area contributed by atoms with Crippen molar-refractivity contribution in [3.8, 4) is 17.6 Å². The Kier molecular flexibility index (Phi) is 5.36. The summed E-state index contributed by atoms with van der Waals surface area (Å²) < 4.78 is 3.28. The van der Waals surface area contributed by atoms with E-state index < -0.39 is 0 Å². The van der Waals surface area contributed by atoms with Crippen molar-refractivity contribution >= 4 is 16.7 Å². The van der Waals surface area contributed by atoms with E-state index in [0.29, 0.717) is 22.7 Å². The van der Waals surface area contributed by atoms with Crippen molar-refractivity contribution in [2.45, 2.75) is 32.7 Å². The molecule has 0 aliphatic carbocycles. The number of hydrogen-bond acceptors (Lipinski definition) is 8. The molecule has 0 bridgehead atoms. The quantitative estimate of drug-likeness (QED) is 0.479. The number of nitriles is 1. The Labute approximate surface area is 172 Å². The zero-order chi connectivity index (χ0) is 21.1. The van der Waals surface area contributed by atoms with E-state index in [0.717, 1.165) is 29.6 Å². The molecule has 152 valence electrons. The van der Waals surface area contributed by atoms with E-state index in [1.54, 1.807) is 27.8 Å². The van der Waals surface area contributed by atoms with Crippen LogP contribution in [0.15, 0.2) is 36.9 Å². The van der Waals surface area contributed by atoms with Crippen molar-refractivity contribution in [3.05, 3.63) is 48.2 Å². The van der Waals surface area contributed by atoms with Gasteiger partial charge in [-0.15, -0.1) is 5.10 Å². The number of aliphatic hydroxyl groups is 1. The van der Waals surface area contributed by atoms with Crippen LogP contribution in [0.25, 0.3) is 22.5 Å². The Bertz CT molecular complexity index is 1220. The molecule has 0 amide bonds. The molecule has 2 N–H and O–H groups in total. The van der Waals surface area contributed by atoms with E-state index in [2.05, 4.69) is 43.7 Å². The number of fused-ring (bicyclic) bond motifs is 1. The van der Waals surface area contributed by atoms with Gasteiger partial charge in [0, 0.05) is 23.7 Å². The number of hydrogen-bond donors (Lipinski definition) is 2. The standard InChI is InChI=1S/C20H21N9O/c1-3-4-16-11-28(27-26-16)18-10-22-19(6-17(18)25-13(2)12-30)29-20-15(9-24-29)5-14(7-21)8-23-20/h5-6,8-11,13,30H,3-4,12H2,1-2H3,(H,22,25)/t13-/m1/s1. The van der Waals surface area contributed by atoms with Crippen LogP contribution in [0.5, 0.6) is 0 Å². The van der Waals surface area contributed by atoms with Crippen molar-refractivity contribution in [1.29, 1.82) is 5.26 Å². The van der Waals surface area contributed by atoms with Gasteiger partial charge in [-0.1, -0.05) is 18.6 Å². The summed E-state index contributed by atoms with van der Waals surface area (Å²) in [6.45, 7) is 3.94. The summed E-state index contributed by atoms with van der Waals surface area (Å²) in [7, 11) is 0. The van der Waals surface area contributed by atoms with Gasteiger partial charge in [0.2, 0.25) is 0 Å². The molecule has 4 aromatic rings. The summed E-state index contributed by atoms with van der Waals surface area (Å²) in [6.07, 6.45) is 8.54. The molecule has 0 spiro atoms. The highest BCUT2D eigenvalue weighted by molar-refractivity contribution is 5.77. The molecule has 0 saturated heterocycles. The van der Waals surface area contributed by atoms with Crippen molar-refractivity contribution in [2.75, 3.05) is 11.9 Å². The van der Waals surface area contributed by atoms with Crippen LogP contribution in [0.4, 0.5) is 5.69 Å². The lowest BCUT2D eigenvalue weighted by Crippen LogP contribution is -2.21. The monoisotopic (exact) mass is 403 g/mol. The Hall–Kier alpha value is -3.84. The third-order valence-corrected chi connectivity index (χ3v) is 4.59. The summed E-state index contributed by atoms with van der Waals surface area (Å²) in [5, 5.41) is 35.4. The van der Waals surface area contributed by atoms with Crippen LogP contribution in [-0.4, -0.2) is 52.5 Å². The van der Waals surface area contributed by atoms with E-state index in [9.17, 15) is 5.11 Å². The third kappa shape index (κ3) is 3.70. The smallest absolute Gasteiger partial charge is 0.164 e. The van der Waals surface area contributed by atoms with Crippen molar-refractivity contribution in [1.82, 2.24) is 34.7 Å². The van der Waals surface area contributed by atoms with E-state index >= 15 is 0 Å². The number of nitrogens with zero attached hydrogens (tertiary/aromatic N) is 8. The summed E-state index contributed by atoms with van der Waals surface area (Å²) in [5.74, 6) is 0.549. The Morgan fingerprint density at radius 2 is 2.10 bits per heavy atom. The molecule has 4 rings (SSSR count). The van der Waals surface area contributed by atoms with Gasteiger partial charge in [0.1, 0.15) is 11.8 Å². The lowest BCUT2D eigenvalue weighted by Gasteiger charge is -2.17. The molecular weight excluding hydrogens is 382 g/mol. The number of anilines is 1. The average molecular weight is 403 g/mol. The first-order valence-electron chi connectivity index (χ1n) is 9.66. The van der Waals surface area contributed by atoms with Crippen LogP contribution < -0.4 is 5.32 Å². The summed E-state index contributed by atoms with van der Waals surface area (Å²) in [6, 6.07) is 5.46. The molecule has 0 aliphatic rings. The topological polar surface area (TPSA) is 130 Å². The van der Waals surface area contributed by atoms with Gasteiger partial charge < -0.3 is 10.4 Å². The minimum atomic E-state index is -0.177. The van der Waals surface area contributed by atoms with Gasteiger partial charge >= 0.3 is 0 Å². The predicted molar refractivity (Wildman–Crippen MR) is 110 cm³/mol. The number of rotatable bonds is 7. The summed E-state index contributed by atoms with van der Waals surface area (Å²) in [4.78, 5) is 8.89. The molecule has 4 aromatic heterocycles. The van der Waals surface area contributed by atoms with Crippen LogP contribution in [0, 0.1) is 11.3 Å². The molecule has 0 fully saturated rings. The molecule has 10 heteroatoms.